The zero-order valence-electron chi connectivity index (χ0n) is 16.4. The van der Waals surface area contributed by atoms with E-state index in [1.54, 1.807) is 0 Å². The molecule has 0 fully saturated rings. The molecule has 0 saturated carbocycles. The maximum absolute atomic E-state index is 10.2. The van der Waals surface area contributed by atoms with Crippen molar-refractivity contribution in [2.45, 2.75) is 0 Å². The Morgan fingerprint density at radius 3 is 0.548 bits per heavy atom. The van der Waals surface area contributed by atoms with Crippen LogP contribution < -0.4 is 23.8 Å². The molecule has 0 heterocycles. The molecule has 0 aliphatic carbocycles. The molecule has 0 saturated heterocycles. The van der Waals surface area contributed by atoms with E-state index in [-0.39, 0.29) is 18.9 Å². The predicted molar refractivity (Wildman–Crippen MR) is 98.3 cm³/mol. The van der Waals surface area contributed by atoms with Crippen molar-refractivity contribution in [3.63, 3.8) is 0 Å². The third-order valence-electron chi connectivity index (χ3n) is 0. The molecule has 1 unspecified atom stereocenters. The largest absolute Gasteiger partial charge is 1.00 e. The Morgan fingerprint density at radius 2 is 0.548 bits per heavy atom. The van der Waals surface area contributed by atoms with E-state index in [9.17, 15) is 46.3 Å². The van der Waals surface area contributed by atoms with Gasteiger partial charge in [-0.25, -0.2) is 0 Å². The van der Waals surface area contributed by atoms with Crippen LogP contribution in [0.1, 0.15) is 0 Å². The van der Waals surface area contributed by atoms with Gasteiger partial charge in [-0.3, -0.25) is 27.3 Å². The second-order valence-corrected chi connectivity index (χ2v) is 12.3. The minimum Gasteiger partial charge on any atom is -0.753 e. The van der Waals surface area contributed by atoms with Crippen molar-refractivity contribution < 1.29 is 102 Å². The van der Waals surface area contributed by atoms with Gasteiger partial charge in [-0.1, -0.05) is 0 Å². The third kappa shape index (κ3) is 466000. The van der Waals surface area contributed by atoms with Crippen molar-refractivity contribution in [1.29, 1.82) is 0 Å². The first kappa shape index (κ1) is 48.6. The molecule has 0 aliphatic heterocycles. The Bertz CT molecular complexity index is 780. The first-order valence-corrected chi connectivity index (χ1v) is 16.1. The number of hydrogen-bond donors (Lipinski definition) is 6. The Balaban J connectivity index is -0.0000000443. The Hall–Kier alpha value is 0.227. The smallest absolute Gasteiger partial charge is 0.753 e. The molecule has 0 bridgehead atoms. The summed E-state index contributed by atoms with van der Waals surface area (Å²) in [6, 6.07) is 0. The molecule has 0 aromatic heterocycles. The number of hydrogen-bond acceptors (Lipinski definition) is 12. The fraction of sp³-hybridized carbons (Fsp3) is 1.00. The van der Waals surface area contributed by atoms with E-state index >= 15 is 0 Å². The van der Waals surface area contributed by atoms with Crippen LogP contribution in [0.25, 0.3) is 0 Å². The summed E-state index contributed by atoms with van der Waals surface area (Å²) < 4.78 is 148. The first-order valence-electron chi connectivity index (χ1n) is 5.35. The summed E-state index contributed by atoms with van der Waals surface area (Å²) in [6.45, 7) is 0. The van der Waals surface area contributed by atoms with Gasteiger partial charge in [-0.15, -0.1) is 0 Å². The Morgan fingerprint density at radius 1 is 0.548 bits per heavy atom. The average Bonchev–Trinajstić information content (AvgIpc) is 1.94. The van der Waals surface area contributed by atoms with Crippen LogP contribution in [0, 0.1) is 0 Å². The van der Waals surface area contributed by atoms with Crippen LogP contribution in [-0.2, 0) is 55.2 Å². The summed E-state index contributed by atoms with van der Waals surface area (Å²) in [4.78, 5) is 15.4. The van der Waals surface area contributed by atoms with Gasteiger partial charge in [0.1, 0.15) is 0 Å². The van der Waals surface area contributed by atoms with Crippen LogP contribution in [-0.4, -0.2) is 101 Å². The second-order valence-electron chi connectivity index (χ2n) is 4.12. The summed E-state index contributed by atoms with van der Waals surface area (Å²) in [5, 5.41) is 0. The minimum absolute atomic E-state index is 0. The van der Waals surface area contributed by atoms with Gasteiger partial charge >= 0.3 is 26.8 Å². The molecule has 0 aromatic carbocycles. The van der Waals surface area contributed by atoms with Gasteiger partial charge in [-0.05, 0) is 0 Å². The zero-order chi connectivity index (χ0) is 27.0. The molecule has 6 N–H and O–H groups in total. The van der Waals surface area contributed by atoms with Gasteiger partial charge in [0.05, 0.1) is 31.3 Å². The predicted octanol–water partition coefficient (Wildman–Crippen LogP) is -6.06. The van der Waals surface area contributed by atoms with Gasteiger partial charge in [0.2, 0.25) is 0 Å². The van der Waals surface area contributed by atoms with E-state index < -0.39 is 58.5 Å². The molecule has 192 valence electrons. The van der Waals surface area contributed by atoms with Crippen molar-refractivity contribution in [2.75, 3.05) is 31.3 Å². The maximum atomic E-state index is 10.2. The quantitative estimate of drug-likeness (QED) is 0.0873. The van der Waals surface area contributed by atoms with Gasteiger partial charge in [0, 0.05) is 0 Å². The summed E-state index contributed by atoms with van der Waals surface area (Å²) in [5.41, 5.74) is 0. The first-order chi connectivity index (χ1) is 12.0. The molecule has 0 spiro atoms. The topological polar surface area (TPSA) is 332 Å². The molecule has 31 heavy (non-hydrogen) atoms. The van der Waals surface area contributed by atoms with E-state index in [2.05, 4.69) is 0 Å². The SMILES string of the molecule is CS(=O)(=O)O.CS(=O)(=O)O.CS(=O)(=O)O.CS(=O)(=O)O.CS(=O)(=O)O.O=P([O-])(O)F.[Li+]. The van der Waals surface area contributed by atoms with Crippen LogP contribution in [0.5, 0.6) is 0 Å². The molecule has 0 amide bonds. The van der Waals surface area contributed by atoms with E-state index in [0.29, 0.717) is 31.3 Å². The normalized spacial score (nSPS) is 12.8. The number of halogens is 1. The van der Waals surface area contributed by atoms with Crippen LogP contribution in [0.3, 0.4) is 0 Å². The fourth-order valence-electron chi connectivity index (χ4n) is 0. The van der Waals surface area contributed by atoms with E-state index in [0.717, 1.165) is 0 Å². The van der Waals surface area contributed by atoms with Crippen molar-refractivity contribution in [1.82, 2.24) is 0 Å². The van der Waals surface area contributed by atoms with Gasteiger partial charge < -0.3 is 9.79 Å². The van der Waals surface area contributed by atoms with Crippen LogP contribution in [0.4, 0.5) is 4.20 Å². The van der Waals surface area contributed by atoms with Gasteiger partial charge in [0.25, 0.3) is 50.6 Å². The van der Waals surface area contributed by atoms with Crippen LogP contribution in [0.15, 0.2) is 0 Å². The van der Waals surface area contributed by atoms with Crippen molar-refractivity contribution in [3.05, 3.63) is 0 Å². The molecular weight excluding hydrogens is 565 g/mol. The Labute approximate surface area is 191 Å². The third-order valence-corrected chi connectivity index (χ3v) is 0. The van der Waals surface area contributed by atoms with E-state index in [4.69, 9.17) is 37.1 Å². The minimum atomic E-state index is -5.39. The van der Waals surface area contributed by atoms with E-state index in [1.807, 2.05) is 0 Å². The standard InChI is InChI=1S/5CH4O3S.FH2O3P.Li/c6*1-5(2,3)4;/h5*1H3,(H,2,3,4);(H2,2,3,4);/q;;;;;;+1/p-1. The monoisotopic (exact) mass is 586 g/mol. The molecule has 0 rings (SSSR count). The summed E-state index contributed by atoms with van der Waals surface area (Å²) in [5.74, 6) is 0. The molecular formula is C5H21FLiO18PS5. The summed E-state index contributed by atoms with van der Waals surface area (Å²) in [6.07, 6.45) is 3.58. The summed E-state index contributed by atoms with van der Waals surface area (Å²) >= 11 is 0. The van der Waals surface area contributed by atoms with E-state index in [1.165, 1.54) is 0 Å². The molecule has 0 radical (unpaired) electrons. The molecule has 0 aliphatic rings. The van der Waals surface area contributed by atoms with Crippen molar-refractivity contribution >= 4 is 58.5 Å². The maximum Gasteiger partial charge on any atom is 1.00 e. The van der Waals surface area contributed by atoms with Crippen LogP contribution >= 0.6 is 7.91 Å². The summed E-state index contributed by atoms with van der Waals surface area (Å²) in [7, 11) is -23.7. The Kier molecular flexibility index (Phi) is 30.9. The molecule has 26 heteroatoms. The van der Waals surface area contributed by atoms with Gasteiger partial charge in [-0.2, -0.15) is 46.3 Å². The zero-order valence-corrected chi connectivity index (χ0v) is 21.4. The van der Waals surface area contributed by atoms with Crippen molar-refractivity contribution in [3.8, 4) is 0 Å². The molecule has 18 nitrogen and oxygen atoms in total. The van der Waals surface area contributed by atoms with Gasteiger partial charge in [0.15, 0.2) is 0 Å². The van der Waals surface area contributed by atoms with Crippen LogP contribution in [0.2, 0.25) is 0 Å². The number of rotatable bonds is 0. The average molecular weight is 586 g/mol. The van der Waals surface area contributed by atoms with Crippen molar-refractivity contribution in [2.24, 2.45) is 0 Å². The molecule has 1 atom stereocenters. The fourth-order valence-corrected chi connectivity index (χ4v) is 0. The second kappa shape index (κ2) is 19.7. The molecule has 0 aromatic rings.